The summed E-state index contributed by atoms with van der Waals surface area (Å²) in [6.45, 7) is 5.59. The van der Waals surface area contributed by atoms with E-state index in [1.807, 2.05) is 19.1 Å². The van der Waals surface area contributed by atoms with Gasteiger partial charge in [0.25, 0.3) is 5.56 Å². The van der Waals surface area contributed by atoms with Gasteiger partial charge < -0.3 is 0 Å². The summed E-state index contributed by atoms with van der Waals surface area (Å²) in [5.74, 6) is 0.227. The van der Waals surface area contributed by atoms with E-state index in [2.05, 4.69) is 44.8 Å². The monoisotopic (exact) mass is 271 g/mol. The van der Waals surface area contributed by atoms with Crippen LogP contribution in [-0.4, -0.2) is 20.9 Å². The number of aromatic nitrogens is 3. The summed E-state index contributed by atoms with van der Waals surface area (Å²) in [6.07, 6.45) is 1.01. The largest absolute Gasteiger partial charge is 0.288 e. The van der Waals surface area contributed by atoms with Gasteiger partial charge in [0, 0.05) is 0 Å². The zero-order chi connectivity index (χ0) is 14.5. The van der Waals surface area contributed by atoms with Crippen LogP contribution in [0.1, 0.15) is 30.7 Å². The standard InChI is InChI=1S/C14H17N5O/c1-4-11-5-7-12(8-6-11)9(2)16-18-14-15-13(20)10(3)17-19-14/h5-8H,4H2,1-3H3,(H2,15,18,19,20)/b16-9-. The lowest BCUT2D eigenvalue weighted by atomic mass is 10.1. The predicted molar refractivity (Wildman–Crippen MR) is 79.0 cm³/mol. The molecule has 1 heterocycles. The van der Waals surface area contributed by atoms with Gasteiger partial charge in [0.1, 0.15) is 5.69 Å². The first kappa shape index (κ1) is 13.9. The highest BCUT2D eigenvalue weighted by Gasteiger charge is 2.00. The maximum absolute atomic E-state index is 11.4. The van der Waals surface area contributed by atoms with Crippen LogP contribution in [0.5, 0.6) is 0 Å². The van der Waals surface area contributed by atoms with Crippen molar-refractivity contribution in [2.75, 3.05) is 5.43 Å². The van der Waals surface area contributed by atoms with Gasteiger partial charge in [-0.15, -0.1) is 10.2 Å². The number of rotatable bonds is 4. The Morgan fingerprint density at radius 1 is 1.30 bits per heavy atom. The molecule has 0 unspecified atom stereocenters. The van der Waals surface area contributed by atoms with Gasteiger partial charge in [-0.3, -0.25) is 9.78 Å². The lowest BCUT2D eigenvalue weighted by Crippen LogP contribution is -2.16. The Morgan fingerprint density at radius 3 is 2.60 bits per heavy atom. The molecule has 0 amide bonds. The number of benzene rings is 1. The molecule has 0 spiro atoms. The summed E-state index contributed by atoms with van der Waals surface area (Å²) < 4.78 is 0. The summed E-state index contributed by atoms with van der Waals surface area (Å²) in [5, 5.41) is 11.7. The van der Waals surface area contributed by atoms with Gasteiger partial charge in [0.15, 0.2) is 0 Å². The van der Waals surface area contributed by atoms with Gasteiger partial charge in [-0.1, -0.05) is 31.2 Å². The summed E-state index contributed by atoms with van der Waals surface area (Å²) >= 11 is 0. The molecule has 0 aliphatic heterocycles. The van der Waals surface area contributed by atoms with E-state index in [4.69, 9.17) is 0 Å². The van der Waals surface area contributed by atoms with E-state index in [1.54, 1.807) is 6.92 Å². The minimum absolute atomic E-state index is 0.227. The Hall–Kier alpha value is -2.50. The smallest absolute Gasteiger partial charge is 0.274 e. The van der Waals surface area contributed by atoms with Crippen LogP contribution in [0.25, 0.3) is 0 Å². The Kier molecular flexibility index (Phi) is 4.24. The van der Waals surface area contributed by atoms with Gasteiger partial charge in [-0.2, -0.15) is 5.10 Å². The Labute approximate surface area is 117 Å². The fourth-order valence-electron chi connectivity index (χ4n) is 1.63. The topological polar surface area (TPSA) is 83.0 Å². The quantitative estimate of drug-likeness (QED) is 0.657. The average molecular weight is 271 g/mol. The second kappa shape index (κ2) is 6.10. The number of H-pyrrole nitrogens is 1. The molecule has 0 aliphatic carbocycles. The second-order valence-electron chi connectivity index (χ2n) is 4.45. The van der Waals surface area contributed by atoms with Gasteiger partial charge in [-0.25, -0.2) is 5.43 Å². The molecular formula is C14H17N5O. The van der Waals surface area contributed by atoms with Crippen LogP contribution >= 0.6 is 0 Å². The van der Waals surface area contributed by atoms with E-state index in [9.17, 15) is 4.79 Å². The number of hydrazone groups is 1. The summed E-state index contributed by atoms with van der Waals surface area (Å²) in [5.41, 5.74) is 5.84. The van der Waals surface area contributed by atoms with Crippen LogP contribution in [0.2, 0.25) is 0 Å². The van der Waals surface area contributed by atoms with E-state index in [-0.39, 0.29) is 11.5 Å². The maximum Gasteiger partial charge on any atom is 0.274 e. The Morgan fingerprint density at radius 2 is 2.00 bits per heavy atom. The molecule has 2 aromatic rings. The summed E-state index contributed by atoms with van der Waals surface area (Å²) in [4.78, 5) is 13.9. The van der Waals surface area contributed by atoms with Crippen molar-refractivity contribution in [2.24, 2.45) is 5.10 Å². The molecule has 1 aromatic carbocycles. The van der Waals surface area contributed by atoms with Crippen molar-refractivity contribution in [2.45, 2.75) is 27.2 Å². The molecule has 20 heavy (non-hydrogen) atoms. The van der Waals surface area contributed by atoms with Crippen molar-refractivity contribution < 1.29 is 0 Å². The fraction of sp³-hybridized carbons (Fsp3) is 0.286. The molecule has 6 heteroatoms. The molecule has 0 bridgehead atoms. The molecule has 6 nitrogen and oxygen atoms in total. The van der Waals surface area contributed by atoms with E-state index >= 15 is 0 Å². The number of hydrogen-bond acceptors (Lipinski definition) is 5. The number of nitrogens with zero attached hydrogens (tertiary/aromatic N) is 3. The van der Waals surface area contributed by atoms with Crippen LogP contribution < -0.4 is 11.0 Å². The Bertz CT molecular complexity index is 673. The first-order chi connectivity index (χ1) is 9.60. The van der Waals surface area contributed by atoms with E-state index in [1.165, 1.54) is 5.56 Å². The van der Waals surface area contributed by atoms with Crippen molar-refractivity contribution >= 4 is 11.7 Å². The molecule has 0 aliphatic rings. The Balaban J connectivity index is 2.13. The first-order valence-corrected chi connectivity index (χ1v) is 6.43. The SMILES string of the molecule is CCc1ccc(/C(C)=N\Nc2nnc(C)c(=O)[nH]2)cc1. The third-order valence-electron chi connectivity index (χ3n) is 2.97. The van der Waals surface area contributed by atoms with Crippen LogP contribution in [0.4, 0.5) is 5.95 Å². The normalized spacial score (nSPS) is 11.4. The highest BCUT2D eigenvalue weighted by atomic mass is 16.1. The number of nitrogens with one attached hydrogen (secondary N) is 2. The minimum atomic E-state index is -0.275. The van der Waals surface area contributed by atoms with Crippen LogP contribution in [-0.2, 0) is 6.42 Å². The van der Waals surface area contributed by atoms with Crippen molar-refractivity contribution in [1.82, 2.24) is 15.2 Å². The molecule has 2 rings (SSSR count). The molecule has 0 fully saturated rings. The van der Waals surface area contributed by atoms with Crippen LogP contribution in [0.15, 0.2) is 34.2 Å². The molecule has 2 N–H and O–H groups in total. The predicted octanol–water partition coefficient (Wildman–Crippen LogP) is 1.87. The highest BCUT2D eigenvalue weighted by Crippen LogP contribution is 2.06. The highest BCUT2D eigenvalue weighted by molar-refractivity contribution is 5.99. The average Bonchev–Trinajstić information content (AvgIpc) is 2.48. The molecular weight excluding hydrogens is 254 g/mol. The van der Waals surface area contributed by atoms with Crippen molar-refractivity contribution in [3.05, 3.63) is 51.4 Å². The second-order valence-corrected chi connectivity index (χ2v) is 4.45. The van der Waals surface area contributed by atoms with Crippen molar-refractivity contribution in [3.8, 4) is 0 Å². The van der Waals surface area contributed by atoms with Crippen molar-refractivity contribution in [1.29, 1.82) is 0 Å². The molecule has 1 aromatic heterocycles. The van der Waals surface area contributed by atoms with E-state index < -0.39 is 0 Å². The lowest BCUT2D eigenvalue weighted by molar-refractivity contribution is 0.897. The van der Waals surface area contributed by atoms with Crippen molar-refractivity contribution in [3.63, 3.8) is 0 Å². The molecule has 0 saturated heterocycles. The lowest BCUT2D eigenvalue weighted by Gasteiger charge is -2.03. The number of aryl methyl sites for hydroxylation is 2. The maximum atomic E-state index is 11.4. The minimum Gasteiger partial charge on any atom is -0.288 e. The third kappa shape index (κ3) is 3.28. The summed E-state index contributed by atoms with van der Waals surface area (Å²) in [6, 6.07) is 8.18. The number of anilines is 1. The molecule has 0 saturated carbocycles. The summed E-state index contributed by atoms with van der Waals surface area (Å²) in [7, 11) is 0. The first-order valence-electron chi connectivity index (χ1n) is 6.43. The third-order valence-corrected chi connectivity index (χ3v) is 2.97. The van der Waals surface area contributed by atoms with Gasteiger partial charge in [0.2, 0.25) is 5.95 Å². The van der Waals surface area contributed by atoms with Crippen LogP contribution in [0, 0.1) is 6.92 Å². The molecule has 0 radical (unpaired) electrons. The zero-order valence-corrected chi connectivity index (χ0v) is 11.8. The van der Waals surface area contributed by atoms with E-state index in [0.717, 1.165) is 17.7 Å². The van der Waals surface area contributed by atoms with Gasteiger partial charge >= 0.3 is 0 Å². The zero-order valence-electron chi connectivity index (χ0n) is 11.8. The number of aromatic amines is 1. The van der Waals surface area contributed by atoms with Gasteiger partial charge in [0.05, 0.1) is 5.71 Å². The van der Waals surface area contributed by atoms with E-state index in [0.29, 0.717) is 5.69 Å². The molecule has 104 valence electrons. The number of hydrogen-bond donors (Lipinski definition) is 2. The molecule has 0 atom stereocenters. The van der Waals surface area contributed by atoms with Gasteiger partial charge in [-0.05, 0) is 31.4 Å². The van der Waals surface area contributed by atoms with Crippen LogP contribution in [0.3, 0.4) is 0 Å². The fourth-order valence-corrected chi connectivity index (χ4v) is 1.63.